The number of hydrogen-bond acceptors (Lipinski definition) is 19. The van der Waals surface area contributed by atoms with Crippen molar-refractivity contribution in [3.63, 3.8) is 0 Å². The van der Waals surface area contributed by atoms with Gasteiger partial charge in [0.25, 0.3) is 5.56 Å². The van der Waals surface area contributed by atoms with E-state index < -0.39 is 12.2 Å². The highest BCUT2D eigenvalue weighted by molar-refractivity contribution is 8.17. The Labute approximate surface area is 684 Å². The number of methoxy groups -OCH3 is 1. The summed E-state index contributed by atoms with van der Waals surface area (Å²) in [5, 5.41) is 0.342. The fourth-order valence-electron chi connectivity index (χ4n) is 13.2. The zero-order chi connectivity index (χ0) is 81.6. The molecule has 0 radical (unpaired) electrons. The van der Waals surface area contributed by atoms with Crippen molar-refractivity contribution in [2.24, 2.45) is 23.9 Å². The first kappa shape index (κ1) is 85.4. The van der Waals surface area contributed by atoms with Crippen LogP contribution in [0.15, 0.2) is 252 Å². The third-order valence-electron chi connectivity index (χ3n) is 19.1. The van der Waals surface area contributed by atoms with Gasteiger partial charge in [-0.1, -0.05) is 152 Å². The maximum absolute atomic E-state index is 13.0. The molecular weight excluding hydrogens is 1520 g/mol. The van der Waals surface area contributed by atoms with Crippen LogP contribution in [0.1, 0.15) is 127 Å². The number of para-hydroxylation sites is 3. The van der Waals surface area contributed by atoms with Gasteiger partial charge in [0, 0.05) is 108 Å². The predicted molar refractivity (Wildman–Crippen MR) is 452 cm³/mol. The van der Waals surface area contributed by atoms with Crippen molar-refractivity contribution in [1.29, 1.82) is 0 Å². The first-order valence-electron chi connectivity index (χ1n) is 37.7. The van der Waals surface area contributed by atoms with Crippen LogP contribution in [0.4, 0.5) is 29.7 Å². The smallest absolute Gasteiger partial charge is 0.423 e. The maximum atomic E-state index is 13.0. The Hall–Kier alpha value is -11.1. The minimum Gasteiger partial charge on any atom is -0.497 e. The van der Waals surface area contributed by atoms with E-state index in [2.05, 4.69) is 40.0 Å². The Balaban J connectivity index is 0.000000152. The molecule has 5 amide bonds. The summed E-state index contributed by atoms with van der Waals surface area (Å²) in [6.07, 6.45) is 23.2. The molecule has 0 bridgehead atoms. The molecule has 2 aromatic heterocycles. The first-order chi connectivity index (χ1) is 55.0. The Morgan fingerprint density at radius 2 is 1.17 bits per heavy atom. The van der Waals surface area contributed by atoms with Crippen LogP contribution in [0.5, 0.6) is 11.5 Å². The molecule has 0 saturated carbocycles. The molecule has 9 heterocycles. The topological polar surface area (TPSA) is 231 Å². The number of halogens is 1. The summed E-state index contributed by atoms with van der Waals surface area (Å²) in [5.41, 5.74) is 11.5. The van der Waals surface area contributed by atoms with E-state index >= 15 is 0 Å². The van der Waals surface area contributed by atoms with E-state index in [4.69, 9.17) is 49.8 Å². The third-order valence-corrected chi connectivity index (χ3v) is 23.2. The van der Waals surface area contributed by atoms with Crippen LogP contribution in [0, 0.1) is 18.8 Å². The van der Waals surface area contributed by atoms with Gasteiger partial charge in [-0.15, -0.1) is 23.5 Å². The molecule has 3 unspecified atom stereocenters. The molecule has 1 saturated heterocycles. The van der Waals surface area contributed by atoms with E-state index in [-0.39, 0.29) is 53.0 Å². The lowest BCUT2D eigenvalue weighted by molar-refractivity contribution is 0.126. The monoisotopic (exact) mass is 1620 g/mol. The fraction of sp³-hybridized carbons (Fsp3) is 0.322. The lowest BCUT2D eigenvalue weighted by atomic mass is 9.80. The number of ether oxygens (including phenoxy) is 7. The number of allylic oxidation sites excluding steroid dienone is 10. The number of hydrogen-bond donors (Lipinski definition) is 0. The van der Waals surface area contributed by atoms with E-state index in [1.807, 2.05) is 230 Å². The van der Waals surface area contributed by atoms with Crippen molar-refractivity contribution in [2.75, 3.05) is 56.5 Å². The molecular formula is C87H97ClN10O13S3. The number of thioether (sulfide) groups is 2. The summed E-state index contributed by atoms with van der Waals surface area (Å²) >= 11 is 11.1. The van der Waals surface area contributed by atoms with Crippen LogP contribution in [0.2, 0.25) is 5.15 Å². The van der Waals surface area contributed by atoms with E-state index in [0.717, 1.165) is 79.4 Å². The van der Waals surface area contributed by atoms with Crippen molar-refractivity contribution in [1.82, 2.24) is 37.7 Å². The number of amides is 5. The van der Waals surface area contributed by atoms with Gasteiger partial charge in [0.2, 0.25) is 5.90 Å². The molecule has 23 nitrogen and oxygen atoms in total. The normalized spacial score (nSPS) is 18.1. The Morgan fingerprint density at radius 3 is 1.75 bits per heavy atom. The predicted octanol–water partition coefficient (Wildman–Crippen LogP) is 19.9. The number of aliphatic imine (C=N–C) groups is 1. The highest BCUT2D eigenvalue weighted by Gasteiger charge is 2.40. The second-order valence-electron chi connectivity index (χ2n) is 27.2. The SMILES string of the molecule is CC1C=CN(C(=O)Oc2ccccc2)C=C1c1nsnc1Cl.CCOC(=O)N1C(C)=C(C)C(c2ccccc2)C(C2=NC(C)(C)CO2)=C1C.CCOC(=O)N1C=CC(C2SCCCS2)C=C1.CCOC(=O)N1C=CC(c2c(C)n(C)n(-c3ccccc3)c2=O)C=C1.CCOC(=O)N1C=CC(c2ccc(OC)cc2)c2ccccc21. The fourth-order valence-corrected chi connectivity index (χ4v) is 17.0. The van der Waals surface area contributed by atoms with Crippen molar-refractivity contribution in [3.8, 4) is 17.2 Å². The molecule has 5 aromatic carbocycles. The average molecular weight is 1620 g/mol. The standard InChI is InChI=1S/C22H28N2O3.C19H21N3O3.C19H19NO3.C15H12ClN3O2S.C12H17NO2S2/c1-7-26-21(25)24-15(3)14(2)18(17-11-9-8-10-12-17)19(16(24)4)20-23-22(5,6)13-27-20;1-4-25-19(24)21-12-10-15(11-13-21)17-14(2)20(3)22(18(17)23)16-8-6-5-7-9-16;1-3-23-19(21)20-13-12-16(17-6-4-5-7-18(17)20)14-8-10-15(22-2)11-9-14;1-10-7-8-19(9-12(10)13-14(16)18-22-17-13)15(20)21-11-5-3-2-4-6-11;1-2-15-12(14)13-6-4-10(5-7-13)11-16-8-3-9-17-11/h8-12,18H,7,13H2,1-6H3;5-13,15H,4H2,1-3H3;4-13,16H,3H2,1-2H3;2-10H,1H3;4-7,10-11H,2-3,8-9H2,1H3. The Bertz CT molecular complexity index is 4880. The van der Waals surface area contributed by atoms with Crippen LogP contribution in [0.3, 0.4) is 0 Å². The van der Waals surface area contributed by atoms with E-state index in [0.29, 0.717) is 71.6 Å². The molecule has 7 aromatic rings. The van der Waals surface area contributed by atoms with Gasteiger partial charge in [0.05, 0.1) is 72.3 Å². The lowest BCUT2D eigenvalue weighted by Gasteiger charge is -2.36. The summed E-state index contributed by atoms with van der Waals surface area (Å²) in [4.78, 5) is 85.5. The number of fused-ring (bicyclic) bond motifs is 1. The number of rotatable bonds is 13. The summed E-state index contributed by atoms with van der Waals surface area (Å²) in [6, 6.07) is 44.6. The minimum atomic E-state index is -0.494. The minimum absolute atomic E-state index is 0.00970. The molecule has 0 spiro atoms. The number of nitrogens with zero attached hydrogens (tertiary/aromatic N) is 10. The molecule has 7 aliphatic rings. The van der Waals surface area contributed by atoms with Crippen LogP contribution < -0.4 is 19.9 Å². The van der Waals surface area contributed by atoms with E-state index in [9.17, 15) is 28.8 Å². The van der Waals surface area contributed by atoms with Crippen LogP contribution in [0.25, 0.3) is 11.3 Å². The maximum Gasteiger partial charge on any atom is 0.423 e. The zero-order valence-corrected chi connectivity index (χ0v) is 69.5. The van der Waals surface area contributed by atoms with Gasteiger partial charge < -0.3 is 33.2 Å². The molecule has 1 fully saturated rings. The van der Waals surface area contributed by atoms with Gasteiger partial charge in [0.15, 0.2) is 5.15 Å². The molecule has 598 valence electrons. The van der Waals surface area contributed by atoms with E-state index in [1.54, 1.807) is 90.7 Å². The average Bonchev–Trinajstić information content (AvgIpc) is 1.19. The van der Waals surface area contributed by atoms with Crippen molar-refractivity contribution >= 4 is 94.5 Å². The number of carbonyl (C=O) groups excluding carboxylic acids is 5. The summed E-state index contributed by atoms with van der Waals surface area (Å²) < 4.78 is 49.1. The summed E-state index contributed by atoms with van der Waals surface area (Å²) in [6.45, 7) is 23.1. The van der Waals surface area contributed by atoms with Crippen molar-refractivity contribution < 1.29 is 57.1 Å². The van der Waals surface area contributed by atoms with Crippen molar-refractivity contribution in [2.45, 2.75) is 110 Å². The molecule has 0 N–H and O–H groups in total. The second-order valence-corrected chi connectivity index (χ2v) is 30.9. The van der Waals surface area contributed by atoms with Crippen LogP contribution in [-0.2, 0) is 30.7 Å². The summed E-state index contributed by atoms with van der Waals surface area (Å²) in [7, 11) is 3.52. The number of benzene rings is 5. The number of aromatic nitrogens is 4. The van der Waals surface area contributed by atoms with Gasteiger partial charge in [-0.3, -0.25) is 34.0 Å². The molecule has 0 aliphatic carbocycles. The first-order valence-corrected chi connectivity index (χ1v) is 40.9. The van der Waals surface area contributed by atoms with Crippen LogP contribution >= 0.6 is 46.9 Å². The zero-order valence-electron chi connectivity index (χ0n) is 66.3. The lowest BCUT2D eigenvalue weighted by Crippen LogP contribution is -2.36. The molecule has 14 rings (SSSR count). The highest BCUT2D eigenvalue weighted by Crippen LogP contribution is 2.45. The number of anilines is 1. The van der Waals surface area contributed by atoms with Gasteiger partial charge >= 0.3 is 30.5 Å². The largest absolute Gasteiger partial charge is 0.497 e. The summed E-state index contributed by atoms with van der Waals surface area (Å²) in [5.74, 6) is 4.85. The van der Waals surface area contributed by atoms with E-state index in [1.165, 1.54) is 32.6 Å². The Kier molecular flexibility index (Phi) is 30.4. The quantitative estimate of drug-likeness (QED) is 0.0977. The molecule has 7 aliphatic heterocycles. The molecule has 3 atom stereocenters. The second kappa shape index (κ2) is 40.6. The third kappa shape index (κ3) is 21.0. The van der Waals surface area contributed by atoms with Crippen molar-refractivity contribution in [3.05, 3.63) is 291 Å². The molecule has 114 heavy (non-hydrogen) atoms. The van der Waals surface area contributed by atoms with Crippen LogP contribution in [-0.4, -0.2) is 136 Å². The Morgan fingerprint density at radius 1 is 0.605 bits per heavy atom. The van der Waals surface area contributed by atoms with Gasteiger partial charge in [-0.2, -0.15) is 8.75 Å². The highest BCUT2D eigenvalue weighted by atomic mass is 35.5. The number of carbonyl (C=O) groups is 5. The van der Waals surface area contributed by atoms with Gasteiger partial charge in [-0.25, -0.2) is 33.6 Å². The van der Waals surface area contributed by atoms with Gasteiger partial charge in [0.1, 0.15) is 23.8 Å². The van der Waals surface area contributed by atoms with Gasteiger partial charge in [-0.05, 0) is 152 Å². The molecule has 27 heteroatoms.